The Labute approximate surface area is 309 Å². The largest absolute Gasteiger partial charge is 0.494 e. The number of para-hydroxylation sites is 1. The molecule has 0 amide bonds. The zero-order valence-electron chi connectivity index (χ0n) is 29.9. The summed E-state index contributed by atoms with van der Waals surface area (Å²) in [6.45, 7) is 9.55. The summed E-state index contributed by atoms with van der Waals surface area (Å²) in [4.78, 5) is 42.1. The standard InChI is InChI=1S/C41H47N3O7S/c1-4-5-6-7-8-11-24-48-33-18-20-34(21-19-33)50-39(46)30-14-16-31(17-15-30)40(47)51-35-22-23-37(49-28-45)32(25-35)26-42-44(27-29(2)3)41-43-36-12-9-10-13-38(36)52-41/h4,9-10,12-13,18-23,25-26,28-31H,1,5-8,11,14-17,24,27H2,2-3H3/b42-26+. The second-order valence-corrected chi connectivity index (χ2v) is 14.3. The van der Waals surface area contributed by atoms with Gasteiger partial charge >= 0.3 is 11.9 Å². The highest BCUT2D eigenvalue weighted by Gasteiger charge is 2.32. The lowest BCUT2D eigenvalue weighted by molar-refractivity contribution is -0.145. The van der Waals surface area contributed by atoms with Gasteiger partial charge in [-0.3, -0.25) is 14.4 Å². The van der Waals surface area contributed by atoms with Crippen LogP contribution in [-0.4, -0.2) is 42.8 Å². The van der Waals surface area contributed by atoms with Crippen LogP contribution in [0.2, 0.25) is 0 Å². The molecule has 0 N–H and O–H groups in total. The highest BCUT2D eigenvalue weighted by molar-refractivity contribution is 7.22. The highest BCUT2D eigenvalue weighted by atomic mass is 32.1. The summed E-state index contributed by atoms with van der Waals surface area (Å²) in [5.41, 5.74) is 1.36. The number of thiazole rings is 1. The number of aromatic nitrogens is 1. The van der Waals surface area contributed by atoms with Gasteiger partial charge in [0, 0.05) is 12.1 Å². The van der Waals surface area contributed by atoms with Crippen molar-refractivity contribution in [1.29, 1.82) is 0 Å². The lowest BCUT2D eigenvalue weighted by Crippen LogP contribution is -2.30. The molecule has 1 fully saturated rings. The van der Waals surface area contributed by atoms with Crippen molar-refractivity contribution >= 4 is 51.3 Å². The van der Waals surface area contributed by atoms with Crippen LogP contribution in [0.5, 0.6) is 23.0 Å². The van der Waals surface area contributed by atoms with E-state index in [1.807, 2.05) is 47.5 Å². The van der Waals surface area contributed by atoms with E-state index in [-0.39, 0.29) is 29.5 Å². The lowest BCUT2D eigenvalue weighted by atomic mass is 9.82. The maximum Gasteiger partial charge on any atom is 0.314 e. The second kappa shape index (κ2) is 19.5. The number of carbonyl (C=O) groups is 3. The number of hydrogen-bond acceptors (Lipinski definition) is 11. The van der Waals surface area contributed by atoms with Gasteiger partial charge in [0.1, 0.15) is 23.0 Å². The Morgan fingerprint density at radius 2 is 1.56 bits per heavy atom. The zero-order valence-corrected chi connectivity index (χ0v) is 30.7. The fourth-order valence-corrected chi connectivity index (χ4v) is 6.91. The summed E-state index contributed by atoms with van der Waals surface area (Å²) in [6.07, 6.45) is 11.1. The van der Waals surface area contributed by atoms with Crippen molar-refractivity contribution in [2.75, 3.05) is 18.2 Å². The van der Waals surface area contributed by atoms with E-state index < -0.39 is 0 Å². The van der Waals surface area contributed by atoms with E-state index in [1.165, 1.54) is 6.42 Å². The number of carbonyl (C=O) groups excluding carboxylic acids is 3. The van der Waals surface area contributed by atoms with Crippen LogP contribution in [0.1, 0.15) is 77.2 Å². The third kappa shape index (κ3) is 11.2. The number of rotatable bonds is 19. The number of ether oxygens (including phenoxy) is 4. The molecule has 1 aliphatic rings. The van der Waals surface area contributed by atoms with Gasteiger partial charge in [-0.2, -0.15) is 5.10 Å². The molecule has 3 aromatic carbocycles. The lowest BCUT2D eigenvalue weighted by Gasteiger charge is -2.25. The average molecular weight is 726 g/mol. The number of hydrazone groups is 1. The molecule has 0 bridgehead atoms. The fraction of sp³-hybridized carbons (Fsp3) is 0.390. The molecular formula is C41H47N3O7S. The van der Waals surface area contributed by atoms with E-state index in [9.17, 15) is 14.4 Å². The van der Waals surface area contributed by atoms with Gasteiger partial charge in [0.2, 0.25) is 5.13 Å². The normalized spacial score (nSPS) is 15.8. The van der Waals surface area contributed by atoms with Crippen LogP contribution in [-0.2, 0) is 14.4 Å². The van der Waals surface area contributed by atoms with Crippen molar-refractivity contribution in [1.82, 2.24) is 4.98 Å². The molecule has 0 spiro atoms. The van der Waals surface area contributed by atoms with Crippen LogP contribution in [0.4, 0.5) is 5.13 Å². The number of anilines is 1. The van der Waals surface area contributed by atoms with Crippen LogP contribution >= 0.6 is 11.3 Å². The summed E-state index contributed by atoms with van der Waals surface area (Å²) < 4.78 is 23.5. The number of hydrogen-bond donors (Lipinski definition) is 0. The van der Waals surface area contributed by atoms with Crippen molar-refractivity contribution in [2.45, 2.75) is 71.6 Å². The van der Waals surface area contributed by atoms with Crippen molar-refractivity contribution in [3.05, 3.63) is 84.9 Å². The van der Waals surface area contributed by atoms with E-state index in [0.717, 1.165) is 46.8 Å². The minimum atomic E-state index is -0.373. The van der Waals surface area contributed by atoms with E-state index in [0.29, 0.717) is 68.3 Å². The zero-order chi connectivity index (χ0) is 36.7. The molecule has 5 rings (SSSR count). The molecule has 11 heteroatoms. The van der Waals surface area contributed by atoms with Gasteiger partial charge < -0.3 is 18.9 Å². The van der Waals surface area contributed by atoms with Gasteiger partial charge in [0.05, 0.1) is 34.9 Å². The third-order valence-electron chi connectivity index (χ3n) is 8.76. The Morgan fingerprint density at radius 1 is 0.904 bits per heavy atom. The second-order valence-electron chi connectivity index (χ2n) is 13.3. The van der Waals surface area contributed by atoms with Crippen LogP contribution in [0.15, 0.2) is 84.5 Å². The summed E-state index contributed by atoms with van der Waals surface area (Å²) in [5, 5.41) is 7.27. The number of esters is 2. The molecule has 1 heterocycles. The molecule has 1 aromatic heterocycles. The van der Waals surface area contributed by atoms with Crippen molar-refractivity contribution in [2.24, 2.45) is 22.9 Å². The Kier molecular flexibility index (Phi) is 14.4. The highest BCUT2D eigenvalue weighted by Crippen LogP contribution is 2.33. The van der Waals surface area contributed by atoms with Crippen molar-refractivity contribution < 1.29 is 33.3 Å². The Hall–Kier alpha value is -5.03. The predicted octanol–water partition coefficient (Wildman–Crippen LogP) is 9.16. The van der Waals surface area contributed by atoms with Gasteiger partial charge in [0.15, 0.2) is 0 Å². The monoisotopic (exact) mass is 725 g/mol. The van der Waals surface area contributed by atoms with Gasteiger partial charge in [0.25, 0.3) is 6.47 Å². The van der Waals surface area contributed by atoms with Crippen LogP contribution in [0.25, 0.3) is 10.2 Å². The van der Waals surface area contributed by atoms with E-state index in [1.54, 1.807) is 47.9 Å². The Balaban J connectivity index is 1.12. The fourth-order valence-electron chi connectivity index (χ4n) is 5.97. The molecule has 0 atom stereocenters. The van der Waals surface area contributed by atoms with Gasteiger partial charge in [-0.1, -0.05) is 56.2 Å². The summed E-state index contributed by atoms with van der Waals surface area (Å²) in [5.74, 6) is 0.762. The molecule has 0 aliphatic heterocycles. The first kappa shape index (κ1) is 38.2. The van der Waals surface area contributed by atoms with Gasteiger partial charge in [-0.25, -0.2) is 9.99 Å². The number of unbranched alkanes of at least 4 members (excludes halogenated alkanes) is 4. The van der Waals surface area contributed by atoms with Crippen molar-refractivity contribution in [3.63, 3.8) is 0 Å². The first-order chi connectivity index (χ1) is 25.3. The molecule has 4 aromatic rings. The topological polar surface area (TPSA) is 117 Å². The number of benzene rings is 3. The van der Waals surface area contributed by atoms with Crippen LogP contribution in [0.3, 0.4) is 0 Å². The number of fused-ring (bicyclic) bond motifs is 1. The van der Waals surface area contributed by atoms with Crippen molar-refractivity contribution in [3.8, 4) is 23.0 Å². The molecule has 1 aliphatic carbocycles. The molecule has 0 radical (unpaired) electrons. The summed E-state index contributed by atoms with van der Waals surface area (Å²) in [6, 6.07) is 19.8. The van der Waals surface area contributed by atoms with E-state index in [4.69, 9.17) is 29.0 Å². The molecule has 10 nitrogen and oxygen atoms in total. The van der Waals surface area contributed by atoms with Crippen LogP contribution in [0, 0.1) is 17.8 Å². The maximum atomic E-state index is 13.2. The van der Waals surface area contributed by atoms with E-state index >= 15 is 0 Å². The third-order valence-corrected chi connectivity index (χ3v) is 9.81. The SMILES string of the molecule is C=CCCCCCCOc1ccc(OC(=O)C2CCC(C(=O)Oc3ccc(OC=O)c(/C=N/N(CC(C)C)c4nc5ccccc5s4)c3)CC2)cc1. The Morgan fingerprint density at radius 3 is 2.23 bits per heavy atom. The van der Waals surface area contributed by atoms with Gasteiger partial charge in [-0.15, -0.1) is 6.58 Å². The summed E-state index contributed by atoms with van der Waals surface area (Å²) >= 11 is 1.54. The molecule has 1 saturated carbocycles. The minimum absolute atomic E-state index is 0.277. The quantitative estimate of drug-likeness (QED) is 0.0177. The number of allylic oxidation sites excluding steroid dienone is 1. The summed E-state index contributed by atoms with van der Waals surface area (Å²) in [7, 11) is 0. The smallest absolute Gasteiger partial charge is 0.314 e. The minimum Gasteiger partial charge on any atom is -0.494 e. The Bertz CT molecular complexity index is 1780. The van der Waals surface area contributed by atoms with Crippen LogP contribution < -0.4 is 24.0 Å². The van der Waals surface area contributed by atoms with E-state index in [2.05, 4.69) is 20.4 Å². The maximum absolute atomic E-state index is 13.2. The molecule has 0 saturated heterocycles. The molecule has 0 unspecified atom stereocenters. The molecule has 52 heavy (non-hydrogen) atoms. The average Bonchev–Trinajstić information content (AvgIpc) is 3.59. The molecular weight excluding hydrogens is 679 g/mol. The first-order valence-corrected chi connectivity index (χ1v) is 18.8. The van der Waals surface area contributed by atoms with Gasteiger partial charge in [-0.05, 0) is 105 Å². The molecule has 274 valence electrons. The first-order valence-electron chi connectivity index (χ1n) is 18.0. The predicted molar refractivity (Wildman–Crippen MR) is 204 cm³/mol. The number of nitrogens with zero attached hydrogens (tertiary/aromatic N) is 3.